The summed E-state index contributed by atoms with van der Waals surface area (Å²) in [7, 11) is 0. The minimum atomic E-state index is 0.197. The summed E-state index contributed by atoms with van der Waals surface area (Å²) in [4.78, 5) is 0. The van der Waals surface area contributed by atoms with Crippen LogP contribution in [-0.2, 0) is 4.74 Å². The van der Waals surface area contributed by atoms with Gasteiger partial charge in [0.1, 0.15) is 0 Å². The van der Waals surface area contributed by atoms with E-state index >= 15 is 0 Å². The number of fused-ring (bicyclic) bond motifs is 1. The van der Waals surface area contributed by atoms with Crippen LogP contribution in [0.5, 0.6) is 11.5 Å². The maximum absolute atomic E-state index is 5.79. The maximum atomic E-state index is 5.79. The first-order chi connectivity index (χ1) is 9.70. The van der Waals surface area contributed by atoms with Crippen molar-refractivity contribution in [1.29, 1.82) is 0 Å². The van der Waals surface area contributed by atoms with E-state index in [4.69, 9.17) is 14.2 Å². The minimum Gasteiger partial charge on any atom is -0.454 e. The summed E-state index contributed by atoms with van der Waals surface area (Å²) in [5, 5.41) is 3.53. The van der Waals surface area contributed by atoms with Crippen molar-refractivity contribution in [2.75, 3.05) is 26.6 Å². The fraction of sp³-hybridized carbons (Fsp3) is 0.625. The lowest BCUT2D eigenvalue weighted by Crippen LogP contribution is -2.27. The van der Waals surface area contributed by atoms with Crippen LogP contribution in [0, 0.1) is 5.92 Å². The third-order valence-electron chi connectivity index (χ3n) is 3.18. The van der Waals surface area contributed by atoms with Crippen molar-refractivity contribution in [2.24, 2.45) is 5.92 Å². The van der Waals surface area contributed by atoms with Crippen LogP contribution in [0.2, 0.25) is 0 Å². The summed E-state index contributed by atoms with van der Waals surface area (Å²) in [5.74, 6) is 2.21. The zero-order valence-corrected chi connectivity index (χ0v) is 12.6. The molecule has 1 N–H and O–H groups in total. The van der Waals surface area contributed by atoms with Crippen LogP contribution in [0.1, 0.15) is 38.8 Å². The van der Waals surface area contributed by atoms with Crippen LogP contribution < -0.4 is 14.8 Å². The Balaban J connectivity index is 2.01. The van der Waals surface area contributed by atoms with E-state index in [9.17, 15) is 0 Å². The Bertz CT molecular complexity index is 420. The number of nitrogens with one attached hydrogen (secondary N) is 1. The molecule has 2 rings (SSSR count). The molecule has 0 spiro atoms. The molecule has 0 fully saturated rings. The second-order valence-corrected chi connectivity index (χ2v) is 5.55. The highest BCUT2D eigenvalue weighted by Crippen LogP contribution is 2.34. The predicted molar refractivity (Wildman–Crippen MR) is 79.3 cm³/mol. The van der Waals surface area contributed by atoms with E-state index in [1.54, 1.807) is 0 Å². The van der Waals surface area contributed by atoms with Crippen molar-refractivity contribution in [2.45, 2.75) is 33.2 Å². The van der Waals surface area contributed by atoms with Crippen molar-refractivity contribution in [3.8, 4) is 11.5 Å². The van der Waals surface area contributed by atoms with Gasteiger partial charge in [-0.25, -0.2) is 0 Å². The van der Waals surface area contributed by atoms with Gasteiger partial charge in [-0.1, -0.05) is 26.8 Å². The molecule has 0 saturated heterocycles. The molecular formula is C16H25NO3. The van der Waals surface area contributed by atoms with Crippen LogP contribution in [-0.4, -0.2) is 26.6 Å². The van der Waals surface area contributed by atoms with Gasteiger partial charge in [0.25, 0.3) is 0 Å². The van der Waals surface area contributed by atoms with Crippen molar-refractivity contribution < 1.29 is 14.2 Å². The molecule has 0 saturated carbocycles. The Kier molecular flexibility index (Phi) is 5.68. The number of rotatable bonds is 8. The Morgan fingerprint density at radius 3 is 2.75 bits per heavy atom. The minimum absolute atomic E-state index is 0.197. The van der Waals surface area contributed by atoms with E-state index in [1.165, 1.54) is 5.56 Å². The zero-order chi connectivity index (χ0) is 14.4. The lowest BCUT2D eigenvalue weighted by Gasteiger charge is -2.20. The highest BCUT2D eigenvalue weighted by molar-refractivity contribution is 5.45. The summed E-state index contributed by atoms with van der Waals surface area (Å²) in [6.45, 7) is 9.25. The Morgan fingerprint density at radius 1 is 1.20 bits per heavy atom. The molecule has 1 unspecified atom stereocenters. The third-order valence-corrected chi connectivity index (χ3v) is 3.18. The zero-order valence-electron chi connectivity index (χ0n) is 12.6. The van der Waals surface area contributed by atoms with Crippen molar-refractivity contribution in [3.05, 3.63) is 23.8 Å². The maximum Gasteiger partial charge on any atom is 0.231 e. The van der Waals surface area contributed by atoms with E-state index in [2.05, 4.69) is 32.2 Å². The SMILES string of the molecule is CCCNC(COCC(C)C)c1ccc2c(c1)OCO2. The molecule has 1 atom stereocenters. The second kappa shape index (κ2) is 7.50. The van der Waals surface area contributed by atoms with E-state index < -0.39 is 0 Å². The fourth-order valence-corrected chi connectivity index (χ4v) is 2.14. The van der Waals surface area contributed by atoms with Crippen LogP contribution in [0.25, 0.3) is 0 Å². The fourth-order valence-electron chi connectivity index (χ4n) is 2.14. The predicted octanol–water partition coefficient (Wildman–Crippen LogP) is 3.13. The molecule has 1 heterocycles. The molecule has 4 nitrogen and oxygen atoms in total. The molecule has 20 heavy (non-hydrogen) atoms. The quantitative estimate of drug-likeness (QED) is 0.793. The second-order valence-electron chi connectivity index (χ2n) is 5.55. The monoisotopic (exact) mass is 279 g/mol. The topological polar surface area (TPSA) is 39.7 Å². The number of hydrogen-bond donors (Lipinski definition) is 1. The van der Waals surface area contributed by atoms with Crippen molar-refractivity contribution in [3.63, 3.8) is 0 Å². The average Bonchev–Trinajstić information content (AvgIpc) is 2.89. The lowest BCUT2D eigenvalue weighted by atomic mass is 10.1. The van der Waals surface area contributed by atoms with E-state index in [1.807, 2.05) is 12.1 Å². The standard InChI is InChI=1S/C16H25NO3/c1-4-7-17-14(10-18-9-12(2)3)13-5-6-15-16(8-13)20-11-19-15/h5-6,8,12,14,17H,4,7,9-11H2,1-3H3. The first-order valence-corrected chi connectivity index (χ1v) is 7.41. The molecule has 0 aromatic heterocycles. The van der Waals surface area contributed by atoms with E-state index in [0.717, 1.165) is 31.1 Å². The molecule has 1 aliphatic heterocycles. The van der Waals surface area contributed by atoms with E-state index in [-0.39, 0.29) is 6.04 Å². The van der Waals surface area contributed by atoms with Gasteiger partial charge in [-0.05, 0) is 36.6 Å². The summed E-state index contributed by atoms with van der Waals surface area (Å²) >= 11 is 0. The molecule has 0 radical (unpaired) electrons. The van der Waals surface area contributed by atoms with Gasteiger partial charge in [-0.2, -0.15) is 0 Å². The molecule has 0 bridgehead atoms. The molecule has 0 aliphatic carbocycles. The first-order valence-electron chi connectivity index (χ1n) is 7.41. The number of ether oxygens (including phenoxy) is 3. The molecule has 0 amide bonds. The van der Waals surface area contributed by atoms with Crippen LogP contribution in [0.4, 0.5) is 0 Å². The van der Waals surface area contributed by atoms with E-state index in [0.29, 0.717) is 19.3 Å². The van der Waals surface area contributed by atoms with Gasteiger partial charge in [-0.3, -0.25) is 0 Å². The third kappa shape index (κ3) is 4.12. The van der Waals surface area contributed by atoms with Gasteiger partial charge in [0.2, 0.25) is 6.79 Å². The molecule has 4 heteroatoms. The van der Waals surface area contributed by atoms with Gasteiger partial charge in [0.15, 0.2) is 11.5 Å². The smallest absolute Gasteiger partial charge is 0.231 e. The highest BCUT2D eigenvalue weighted by Gasteiger charge is 2.18. The molecule has 1 aromatic carbocycles. The average molecular weight is 279 g/mol. The summed E-state index contributed by atoms with van der Waals surface area (Å²) in [6.07, 6.45) is 1.10. The Morgan fingerprint density at radius 2 is 2.00 bits per heavy atom. The van der Waals surface area contributed by atoms with Crippen molar-refractivity contribution in [1.82, 2.24) is 5.32 Å². The van der Waals surface area contributed by atoms with Gasteiger partial charge >= 0.3 is 0 Å². The molecule has 1 aromatic rings. The van der Waals surface area contributed by atoms with Crippen LogP contribution >= 0.6 is 0 Å². The van der Waals surface area contributed by atoms with Gasteiger partial charge in [0.05, 0.1) is 12.6 Å². The summed E-state index contributed by atoms with van der Waals surface area (Å²) in [5.41, 5.74) is 1.19. The molecule has 112 valence electrons. The van der Waals surface area contributed by atoms with Gasteiger partial charge in [-0.15, -0.1) is 0 Å². The molecule has 1 aliphatic rings. The molecular weight excluding hydrogens is 254 g/mol. The summed E-state index contributed by atoms with van der Waals surface area (Å²) in [6, 6.07) is 6.30. The van der Waals surface area contributed by atoms with Gasteiger partial charge in [0, 0.05) is 6.61 Å². The lowest BCUT2D eigenvalue weighted by molar-refractivity contribution is 0.0901. The van der Waals surface area contributed by atoms with Gasteiger partial charge < -0.3 is 19.5 Å². The number of hydrogen-bond acceptors (Lipinski definition) is 4. The van der Waals surface area contributed by atoms with Crippen LogP contribution in [0.15, 0.2) is 18.2 Å². The Labute approximate surface area is 121 Å². The highest BCUT2D eigenvalue weighted by atomic mass is 16.7. The number of benzene rings is 1. The summed E-state index contributed by atoms with van der Waals surface area (Å²) < 4.78 is 16.6. The Hall–Kier alpha value is -1.26. The van der Waals surface area contributed by atoms with Crippen molar-refractivity contribution >= 4 is 0 Å². The normalized spacial score (nSPS) is 14.8. The first kappa shape index (κ1) is 15.1. The largest absolute Gasteiger partial charge is 0.454 e. The van der Waals surface area contributed by atoms with Crippen LogP contribution in [0.3, 0.4) is 0 Å².